The maximum Gasteiger partial charge on any atom is 0.289 e. The monoisotopic (exact) mass is 266 g/mol. The minimum Gasteiger partial charge on any atom is -0.480 e. The van der Waals surface area contributed by atoms with Gasteiger partial charge in [-0.05, 0) is 0 Å². The Kier molecular flexibility index (Phi) is 2.83. The van der Waals surface area contributed by atoms with Crippen molar-refractivity contribution in [1.29, 1.82) is 5.41 Å². The van der Waals surface area contributed by atoms with E-state index in [-0.39, 0.29) is 16.7 Å². The van der Waals surface area contributed by atoms with Crippen molar-refractivity contribution in [3.05, 3.63) is 38.1 Å². The zero-order valence-corrected chi connectivity index (χ0v) is 9.45. The van der Waals surface area contributed by atoms with E-state index < -0.39 is 27.1 Å². The number of aromatic nitrogens is 1. The second kappa shape index (κ2) is 4.33. The van der Waals surface area contributed by atoms with E-state index in [9.17, 15) is 20.2 Å². The van der Waals surface area contributed by atoms with Crippen LogP contribution in [0.15, 0.2) is 16.7 Å². The molecule has 0 amide bonds. The van der Waals surface area contributed by atoms with Crippen molar-refractivity contribution in [1.82, 2.24) is 5.16 Å². The molecule has 0 radical (unpaired) electrons. The third-order valence-electron chi connectivity index (χ3n) is 2.36. The fourth-order valence-electron chi connectivity index (χ4n) is 1.54. The van der Waals surface area contributed by atoms with Crippen LogP contribution in [0.2, 0.25) is 0 Å². The number of methoxy groups -OCH3 is 1. The summed E-state index contributed by atoms with van der Waals surface area (Å²) in [7, 11) is 1.19. The molecule has 0 aliphatic carbocycles. The van der Waals surface area contributed by atoms with Crippen LogP contribution >= 0.6 is 0 Å². The van der Waals surface area contributed by atoms with E-state index in [1.54, 1.807) is 0 Å². The molecule has 1 aromatic carbocycles. The lowest BCUT2D eigenvalue weighted by Crippen LogP contribution is -2.03. The van der Waals surface area contributed by atoms with Crippen LogP contribution in [0.25, 0.3) is 11.0 Å². The number of rotatable bonds is 3. The average molecular weight is 266 g/mol. The van der Waals surface area contributed by atoms with Gasteiger partial charge in [-0.15, -0.1) is 0 Å². The number of nitrogens with one attached hydrogen (secondary N) is 1. The summed E-state index contributed by atoms with van der Waals surface area (Å²) in [6, 6.07) is 1.79. The average Bonchev–Trinajstić information content (AvgIpc) is 2.80. The Labute approximate surface area is 104 Å². The Bertz CT molecular complexity index is 706. The largest absolute Gasteiger partial charge is 0.480 e. The van der Waals surface area contributed by atoms with Gasteiger partial charge in [0, 0.05) is 0 Å². The summed E-state index contributed by atoms with van der Waals surface area (Å²) in [5, 5.41) is 32.4. The third kappa shape index (κ3) is 1.94. The van der Waals surface area contributed by atoms with Gasteiger partial charge >= 0.3 is 0 Å². The number of hydrogen-bond donors (Lipinski definition) is 1. The zero-order chi connectivity index (χ0) is 14.2. The predicted molar refractivity (Wildman–Crippen MR) is 61.2 cm³/mol. The normalized spacial score (nSPS) is 10.4. The first-order valence-electron chi connectivity index (χ1n) is 4.80. The summed E-state index contributed by atoms with van der Waals surface area (Å²) in [6.45, 7) is 0. The number of ether oxygens (including phenoxy) is 1. The second-order valence-corrected chi connectivity index (χ2v) is 3.42. The van der Waals surface area contributed by atoms with E-state index >= 15 is 0 Å². The van der Waals surface area contributed by atoms with Gasteiger partial charge in [-0.1, -0.05) is 5.16 Å². The number of nitro benzene ring substituents is 2. The molecule has 1 N–H and O–H groups in total. The lowest BCUT2D eigenvalue weighted by atomic mass is 10.1. The lowest BCUT2D eigenvalue weighted by Gasteiger charge is -1.98. The summed E-state index contributed by atoms with van der Waals surface area (Å²) in [6.07, 6.45) is 0. The topological polar surface area (TPSA) is 145 Å². The van der Waals surface area contributed by atoms with Crippen molar-refractivity contribution in [3.8, 4) is 0 Å². The van der Waals surface area contributed by atoms with Gasteiger partial charge in [0.05, 0.1) is 29.1 Å². The van der Waals surface area contributed by atoms with Crippen LogP contribution in [0.1, 0.15) is 5.69 Å². The highest BCUT2D eigenvalue weighted by molar-refractivity contribution is 6.06. The number of fused-ring (bicyclic) bond motifs is 1. The van der Waals surface area contributed by atoms with Crippen molar-refractivity contribution in [2.45, 2.75) is 0 Å². The molecular weight excluding hydrogens is 260 g/mol. The standard InChI is InChI=1S/C9H6N4O6/c1-18-9(10)8-7-5(13(16)17)2-4(12(14)15)3-6(7)19-11-8/h2-3,10H,1H3. The van der Waals surface area contributed by atoms with Crippen LogP contribution in [0, 0.1) is 25.6 Å². The van der Waals surface area contributed by atoms with E-state index in [2.05, 4.69) is 9.89 Å². The van der Waals surface area contributed by atoms with E-state index in [0.29, 0.717) is 0 Å². The van der Waals surface area contributed by atoms with Crippen LogP contribution in [-0.4, -0.2) is 28.0 Å². The minimum absolute atomic E-state index is 0.109. The SMILES string of the molecule is COC(=N)c1noc2cc([N+](=O)[O-])cc([N+](=O)[O-])c12. The maximum atomic E-state index is 11.0. The van der Waals surface area contributed by atoms with Gasteiger partial charge in [0.2, 0.25) is 5.90 Å². The quantitative estimate of drug-likeness (QED) is 0.384. The Hall–Kier alpha value is -3.04. The van der Waals surface area contributed by atoms with Crippen LogP contribution in [0.5, 0.6) is 0 Å². The van der Waals surface area contributed by atoms with Crippen molar-refractivity contribution in [2.24, 2.45) is 0 Å². The molecule has 2 aromatic rings. The summed E-state index contributed by atoms with van der Waals surface area (Å²) >= 11 is 0. The van der Waals surface area contributed by atoms with Crippen LogP contribution in [0.4, 0.5) is 11.4 Å². The summed E-state index contributed by atoms with van der Waals surface area (Å²) in [4.78, 5) is 20.0. The molecule has 2 rings (SSSR count). The molecule has 0 aliphatic heterocycles. The number of nitro groups is 2. The maximum absolute atomic E-state index is 11.0. The van der Waals surface area contributed by atoms with Crippen LogP contribution in [0.3, 0.4) is 0 Å². The fraction of sp³-hybridized carbons (Fsp3) is 0.111. The van der Waals surface area contributed by atoms with Crippen LogP contribution in [-0.2, 0) is 4.74 Å². The minimum atomic E-state index is -0.807. The summed E-state index contributed by atoms with van der Waals surface area (Å²) < 4.78 is 9.39. The van der Waals surface area contributed by atoms with Crippen molar-refractivity contribution in [2.75, 3.05) is 7.11 Å². The van der Waals surface area contributed by atoms with Gasteiger partial charge < -0.3 is 9.26 Å². The molecule has 0 fully saturated rings. The van der Waals surface area contributed by atoms with Gasteiger partial charge in [-0.3, -0.25) is 25.6 Å². The van der Waals surface area contributed by atoms with Gasteiger partial charge in [-0.2, -0.15) is 0 Å². The molecule has 0 atom stereocenters. The first-order chi connectivity index (χ1) is 8.95. The number of non-ortho nitro benzene ring substituents is 2. The van der Waals surface area contributed by atoms with Crippen LogP contribution < -0.4 is 0 Å². The smallest absolute Gasteiger partial charge is 0.289 e. The van der Waals surface area contributed by atoms with Crippen molar-refractivity contribution in [3.63, 3.8) is 0 Å². The highest BCUT2D eigenvalue weighted by atomic mass is 16.6. The molecule has 0 unspecified atom stereocenters. The number of benzene rings is 1. The van der Waals surface area contributed by atoms with Crippen molar-refractivity contribution >= 4 is 28.2 Å². The third-order valence-corrected chi connectivity index (χ3v) is 2.36. The highest BCUT2D eigenvalue weighted by Crippen LogP contribution is 2.33. The molecule has 0 saturated carbocycles. The molecule has 0 spiro atoms. The summed E-state index contributed by atoms with van der Waals surface area (Å²) in [5.74, 6) is -0.435. The molecule has 0 bridgehead atoms. The Morgan fingerprint density at radius 1 is 1.37 bits per heavy atom. The fourth-order valence-corrected chi connectivity index (χ4v) is 1.54. The first-order valence-corrected chi connectivity index (χ1v) is 4.80. The molecule has 98 valence electrons. The first kappa shape index (κ1) is 12.4. The van der Waals surface area contributed by atoms with Gasteiger partial charge in [0.15, 0.2) is 11.3 Å². The Morgan fingerprint density at radius 2 is 2.05 bits per heavy atom. The Morgan fingerprint density at radius 3 is 2.58 bits per heavy atom. The van der Waals surface area contributed by atoms with E-state index in [0.717, 1.165) is 12.1 Å². The van der Waals surface area contributed by atoms with Gasteiger partial charge in [0.1, 0.15) is 5.39 Å². The molecule has 1 heterocycles. The van der Waals surface area contributed by atoms with E-state index in [1.165, 1.54) is 7.11 Å². The number of hydrogen-bond acceptors (Lipinski definition) is 8. The predicted octanol–water partition coefficient (Wildman–Crippen LogP) is 1.62. The molecule has 19 heavy (non-hydrogen) atoms. The van der Waals surface area contributed by atoms with Crippen molar-refractivity contribution < 1.29 is 19.1 Å². The molecule has 10 nitrogen and oxygen atoms in total. The van der Waals surface area contributed by atoms with E-state index in [1.807, 2.05) is 0 Å². The van der Waals surface area contributed by atoms with E-state index in [4.69, 9.17) is 9.93 Å². The second-order valence-electron chi connectivity index (χ2n) is 3.42. The Balaban J connectivity index is 2.82. The molecule has 1 aromatic heterocycles. The lowest BCUT2D eigenvalue weighted by molar-refractivity contribution is -0.393. The summed E-state index contributed by atoms with van der Waals surface area (Å²) in [5.41, 5.74) is -1.40. The van der Waals surface area contributed by atoms with Gasteiger partial charge in [-0.25, -0.2) is 0 Å². The zero-order valence-electron chi connectivity index (χ0n) is 9.45. The molecule has 0 aliphatic rings. The molecule has 10 heteroatoms. The molecular formula is C9H6N4O6. The molecule has 0 saturated heterocycles. The number of nitrogens with zero attached hydrogens (tertiary/aromatic N) is 3. The van der Waals surface area contributed by atoms with Gasteiger partial charge in [0.25, 0.3) is 11.4 Å². The highest BCUT2D eigenvalue weighted by Gasteiger charge is 2.27.